The van der Waals surface area contributed by atoms with E-state index in [9.17, 15) is 0 Å². The number of pyridine rings is 1. The first-order valence-corrected chi connectivity index (χ1v) is 11.6. The Morgan fingerprint density at radius 3 is 2.87 bits per heavy atom. The zero-order chi connectivity index (χ0) is 20.3. The third-order valence-corrected chi connectivity index (χ3v) is 6.67. The maximum atomic E-state index is 4.99. The lowest BCUT2D eigenvalue weighted by Crippen LogP contribution is -2.47. The molecule has 1 aliphatic carbocycles. The van der Waals surface area contributed by atoms with Crippen molar-refractivity contribution in [2.45, 2.75) is 64.3 Å². The Morgan fingerprint density at radius 2 is 1.93 bits per heavy atom. The van der Waals surface area contributed by atoms with Crippen LogP contribution in [0.1, 0.15) is 57.6 Å². The number of anilines is 3. The van der Waals surface area contributed by atoms with E-state index in [1.807, 2.05) is 18.3 Å². The minimum absolute atomic E-state index is 0.650. The fourth-order valence-corrected chi connectivity index (χ4v) is 5.26. The Balaban J connectivity index is 1.46. The van der Waals surface area contributed by atoms with Crippen molar-refractivity contribution in [2.75, 3.05) is 16.8 Å². The standard InChI is InChI=1S/C25H31N5/c1-2-7-20-17-24(30-15-6-10-18-8-3-4-11-23(18)30)29-25(27-20)28-21-12-13-22-19(16-21)9-5-14-26-22/h5,9,12-14,16-18,23H,2-4,6-8,10-11,15H2,1H3,(H,27,28,29). The Labute approximate surface area is 179 Å². The fraction of sp³-hybridized carbons (Fsp3) is 0.480. The lowest BCUT2D eigenvalue weighted by atomic mass is 9.78. The van der Waals surface area contributed by atoms with E-state index in [1.165, 1.54) is 38.5 Å². The van der Waals surface area contributed by atoms with Gasteiger partial charge in [0.15, 0.2) is 0 Å². The molecule has 2 fully saturated rings. The van der Waals surface area contributed by atoms with Crippen molar-refractivity contribution in [3.05, 3.63) is 48.3 Å². The van der Waals surface area contributed by atoms with E-state index in [1.54, 1.807) is 0 Å². The number of benzene rings is 1. The Bertz CT molecular complexity index is 1020. The predicted molar refractivity (Wildman–Crippen MR) is 123 cm³/mol. The average molecular weight is 402 g/mol. The SMILES string of the molecule is CCCc1cc(N2CCCC3CCCCC32)nc(Nc2ccc3ncccc3c2)n1. The Morgan fingerprint density at radius 1 is 1.03 bits per heavy atom. The maximum absolute atomic E-state index is 4.99. The molecule has 0 spiro atoms. The van der Waals surface area contributed by atoms with Crippen LogP contribution >= 0.6 is 0 Å². The second kappa shape index (κ2) is 8.58. The second-order valence-corrected chi connectivity index (χ2v) is 8.77. The molecule has 5 heteroatoms. The smallest absolute Gasteiger partial charge is 0.229 e. The third kappa shape index (κ3) is 3.98. The highest BCUT2D eigenvalue weighted by molar-refractivity contribution is 5.82. The van der Waals surface area contributed by atoms with E-state index in [4.69, 9.17) is 9.97 Å². The largest absolute Gasteiger partial charge is 0.353 e. The number of fused-ring (bicyclic) bond motifs is 2. The van der Waals surface area contributed by atoms with Gasteiger partial charge < -0.3 is 10.2 Å². The van der Waals surface area contributed by atoms with Crippen molar-refractivity contribution in [3.8, 4) is 0 Å². The van der Waals surface area contributed by atoms with Crippen LogP contribution in [0.3, 0.4) is 0 Å². The normalized spacial score (nSPS) is 21.4. The predicted octanol–water partition coefficient (Wildman–Crippen LogP) is 5.88. The summed E-state index contributed by atoms with van der Waals surface area (Å²) < 4.78 is 0. The number of rotatable bonds is 5. The van der Waals surface area contributed by atoms with Gasteiger partial charge in [-0.25, -0.2) is 4.98 Å². The number of aryl methyl sites for hydroxylation is 1. The van der Waals surface area contributed by atoms with Gasteiger partial charge in [0.05, 0.1) is 5.52 Å². The molecule has 1 saturated heterocycles. The molecule has 2 unspecified atom stereocenters. The number of nitrogens with one attached hydrogen (secondary N) is 1. The molecule has 2 atom stereocenters. The topological polar surface area (TPSA) is 53.9 Å². The van der Waals surface area contributed by atoms with Crippen LogP contribution < -0.4 is 10.2 Å². The van der Waals surface area contributed by atoms with E-state index in [0.717, 1.165) is 53.4 Å². The summed E-state index contributed by atoms with van der Waals surface area (Å²) in [6.07, 6.45) is 12.0. The zero-order valence-corrected chi connectivity index (χ0v) is 17.8. The van der Waals surface area contributed by atoms with Crippen molar-refractivity contribution in [3.63, 3.8) is 0 Å². The number of piperidine rings is 1. The summed E-state index contributed by atoms with van der Waals surface area (Å²) in [7, 11) is 0. The molecule has 3 aromatic rings. The van der Waals surface area contributed by atoms with Gasteiger partial charge in [-0.2, -0.15) is 4.98 Å². The van der Waals surface area contributed by atoms with E-state index >= 15 is 0 Å². The lowest BCUT2D eigenvalue weighted by molar-refractivity contribution is 0.242. The van der Waals surface area contributed by atoms with E-state index in [0.29, 0.717) is 12.0 Å². The van der Waals surface area contributed by atoms with Crippen LogP contribution in [0, 0.1) is 5.92 Å². The number of hydrogen-bond acceptors (Lipinski definition) is 5. The first-order chi connectivity index (χ1) is 14.8. The highest BCUT2D eigenvalue weighted by Gasteiger charge is 2.34. The molecule has 3 heterocycles. The molecule has 1 aromatic carbocycles. The van der Waals surface area contributed by atoms with E-state index in [2.05, 4.69) is 46.4 Å². The van der Waals surface area contributed by atoms with Crippen LogP contribution in [-0.4, -0.2) is 27.5 Å². The van der Waals surface area contributed by atoms with Gasteiger partial charge in [0.25, 0.3) is 0 Å². The van der Waals surface area contributed by atoms with Gasteiger partial charge in [-0.05, 0) is 62.3 Å². The Hall–Kier alpha value is -2.69. The Kier molecular flexibility index (Phi) is 5.52. The fourth-order valence-electron chi connectivity index (χ4n) is 5.26. The highest BCUT2D eigenvalue weighted by Crippen LogP contribution is 2.37. The molecule has 0 bridgehead atoms. The number of aromatic nitrogens is 3. The van der Waals surface area contributed by atoms with Crippen molar-refractivity contribution >= 4 is 28.4 Å². The van der Waals surface area contributed by atoms with Gasteiger partial charge in [-0.15, -0.1) is 0 Å². The summed E-state index contributed by atoms with van der Waals surface area (Å²) in [6.45, 7) is 3.33. The molecule has 5 nitrogen and oxygen atoms in total. The molecule has 1 aliphatic heterocycles. The average Bonchev–Trinajstić information content (AvgIpc) is 2.79. The van der Waals surface area contributed by atoms with Gasteiger partial charge >= 0.3 is 0 Å². The van der Waals surface area contributed by atoms with Crippen LogP contribution in [0.5, 0.6) is 0 Å². The molecule has 1 saturated carbocycles. The summed E-state index contributed by atoms with van der Waals surface area (Å²) in [6, 6.07) is 13.2. The molecular weight excluding hydrogens is 370 g/mol. The van der Waals surface area contributed by atoms with Crippen LogP contribution in [0.25, 0.3) is 10.9 Å². The summed E-state index contributed by atoms with van der Waals surface area (Å²) >= 11 is 0. The summed E-state index contributed by atoms with van der Waals surface area (Å²) in [4.78, 5) is 16.8. The van der Waals surface area contributed by atoms with E-state index in [-0.39, 0.29) is 0 Å². The van der Waals surface area contributed by atoms with Crippen molar-refractivity contribution in [1.82, 2.24) is 15.0 Å². The van der Waals surface area contributed by atoms with Gasteiger partial charge in [-0.3, -0.25) is 4.98 Å². The molecule has 0 radical (unpaired) electrons. The molecule has 1 N–H and O–H groups in total. The van der Waals surface area contributed by atoms with Crippen molar-refractivity contribution in [1.29, 1.82) is 0 Å². The summed E-state index contributed by atoms with van der Waals surface area (Å²) in [5.41, 5.74) is 3.13. The molecular formula is C25H31N5. The van der Waals surface area contributed by atoms with Crippen LogP contribution in [0.4, 0.5) is 17.5 Å². The minimum atomic E-state index is 0.650. The van der Waals surface area contributed by atoms with Gasteiger partial charge in [-0.1, -0.05) is 32.3 Å². The first-order valence-electron chi connectivity index (χ1n) is 11.6. The second-order valence-electron chi connectivity index (χ2n) is 8.77. The van der Waals surface area contributed by atoms with Gasteiger partial charge in [0, 0.05) is 41.6 Å². The van der Waals surface area contributed by atoms with Crippen molar-refractivity contribution < 1.29 is 0 Å². The summed E-state index contributed by atoms with van der Waals surface area (Å²) in [5, 5.41) is 4.59. The molecule has 30 heavy (non-hydrogen) atoms. The molecule has 2 aromatic heterocycles. The molecule has 156 valence electrons. The zero-order valence-electron chi connectivity index (χ0n) is 17.8. The van der Waals surface area contributed by atoms with Crippen LogP contribution in [-0.2, 0) is 6.42 Å². The molecule has 5 rings (SSSR count). The number of nitrogens with zero attached hydrogens (tertiary/aromatic N) is 4. The van der Waals surface area contributed by atoms with Crippen molar-refractivity contribution in [2.24, 2.45) is 5.92 Å². The molecule has 2 aliphatic rings. The molecule has 0 amide bonds. The summed E-state index contributed by atoms with van der Waals surface area (Å²) in [5.74, 6) is 2.65. The van der Waals surface area contributed by atoms with Crippen LogP contribution in [0.15, 0.2) is 42.6 Å². The van der Waals surface area contributed by atoms with Gasteiger partial charge in [0.1, 0.15) is 5.82 Å². The van der Waals surface area contributed by atoms with Crippen LogP contribution in [0.2, 0.25) is 0 Å². The monoisotopic (exact) mass is 401 g/mol. The quantitative estimate of drug-likeness (QED) is 0.578. The lowest BCUT2D eigenvalue weighted by Gasteiger charge is -2.44. The first kappa shape index (κ1) is 19.3. The van der Waals surface area contributed by atoms with E-state index < -0.39 is 0 Å². The maximum Gasteiger partial charge on any atom is 0.229 e. The highest BCUT2D eigenvalue weighted by atomic mass is 15.3. The van der Waals surface area contributed by atoms with Gasteiger partial charge in [0.2, 0.25) is 5.95 Å². The minimum Gasteiger partial charge on any atom is -0.353 e. The number of hydrogen-bond donors (Lipinski definition) is 1. The third-order valence-electron chi connectivity index (χ3n) is 6.67.